The van der Waals surface area contributed by atoms with Crippen molar-refractivity contribution in [3.8, 4) is 0 Å². The number of nitrogens with two attached hydrogens (primary N) is 1. The molecule has 0 aliphatic carbocycles. The molecule has 1 heterocycles. The van der Waals surface area contributed by atoms with Crippen LogP contribution in [0.4, 0.5) is 0 Å². The number of likely N-dealkylation sites (tertiary alicyclic amines) is 1. The van der Waals surface area contributed by atoms with Crippen LogP contribution in [-0.2, 0) is 4.79 Å². The van der Waals surface area contributed by atoms with Gasteiger partial charge in [-0.1, -0.05) is 29.8 Å². The number of benzene rings is 1. The molecule has 0 radical (unpaired) electrons. The normalized spacial score (nSPS) is 17.7. The van der Waals surface area contributed by atoms with Crippen LogP contribution in [0.1, 0.15) is 30.1 Å². The number of halogens is 1. The molecule has 1 aromatic rings. The first kappa shape index (κ1) is 16.0. The third kappa shape index (κ3) is 3.69. The van der Waals surface area contributed by atoms with E-state index in [0.29, 0.717) is 5.56 Å². The lowest BCUT2D eigenvalue weighted by Gasteiger charge is -2.24. The van der Waals surface area contributed by atoms with Crippen LogP contribution in [-0.4, -0.2) is 35.0 Å². The van der Waals surface area contributed by atoms with Gasteiger partial charge in [-0.3, -0.25) is 4.79 Å². The molecule has 2 rings (SSSR count). The average Bonchev–Trinajstić information content (AvgIpc) is 2.91. The van der Waals surface area contributed by atoms with Crippen LogP contribution in [0.3, 0.4) is 0 Å². The van der Waals surface area contributed by atoms with Gasteiger partial charge >= 0.3 is 0 Å². The van der Waals surface area contributed by atoms with Gasteiger partial charge in [-0.15, -0.1) is 12.4 Å². The highest BCUT2D eigenvalue weighted by Crippen LogP contribution is 2.19. The minimum Gasteiger partial charge on any atom is -0.386 e. The lowest BCUT2D eigenvalue weighted by molar-refractivity contribution is -0.134. The van der Waals surface area contributed by atoms with Gasteiger partial charge in [0.25, 0.3) is 0 Å². The molecule has 0 saturated carbocycles. The van der Waals surface area contributed by atoms with Crippen molar-refractivity contribution in [3.63, 3.8) is 0 Å². The molecule has 19 heavy (non-hydrogen) atoms. The summed E-state index contributed by atoms with van der Waals surface area (Å²) in [5, 5.41) is 10.1. The van der Waals surface area contributed by atoms with Gasteiger partial charge in [-0.25, -0.2) is 0 Å². The van der Waals surface area contributed by atoms with Crippen LogP contribution < -0.4 is 5.73 Å². The number of aliphatic hydroxyl groups is 1. The van der Waals surface area contributed by atoms with E-state index in [9.17, 15) is 9.90 Å². The van der Waals surface area contributed by atoms with E-state index < -0.39 is 12.1 Å². The molecule has 0 spiro atoms. The van der Waals surface area contributed by atoms with Crippen LogP contribution in [0.2, 0.25) is 0 Å². The van der Waals surface area contributed by atoms with E-state index in [1.807, 2.05) is 31.2 Å². The molecule has 0 aromatic heterocycles. The molecule has 0 bridgehead atoms. The summed E-state index contributed by atoms with van der Waals surface area (Å²) in [5.74, 6) is -0.152. The summed E-state index contributed by atoms with van der Waals surface area (Å²) in [7, 11) is 0. The Morgan fingerprint density at radius 3 is 2.32 bits per heavy atom. The number of amides is 1. The maximum Gasteiger partial charge on any atom is 0.242 e. The average molecular weight is 285 g/mol. The Morgan fingerprint density at radius 2 is 1.79 bits per heavy atom. The highest BCUT2D eigenvalue weighted by atomic mass is 35.5. The number of rotatable bonds is 3. The highest BCUT2D eigenvalue weighted by Gasteiger charge is 2.29. The zero-order valence-corrected chi connectivity index (χ0v) is 11.9. The number of hydrogen-bond acceptors (Lipinski definition) is 3. The van der Waals surface area contributed by atoms with Crippen LogP contribution in [0.25, 0.3) is 0 Å². The topological polar surface area (TPSA) is 66.6 Å². The predicted octanol–water partition coefficient (Wildman–Crippen LogP) is 1.40. The number of aliphatic hydroxyl groups excluding tert-OH is 1. The van der Waals surface area contributed by atoms with Gasteiger partial charge in [0.1, 0.15) is 12.1 Å². The van der Waals surface area contributed by atoms with E-state index in [2.05, 4.69) is 0 Å². The van der Waals surface area contributed by atoms with Crippen molar-refractivity contribution in [2.75, 3.05) is 13.1 Å². The third-order valence-electron chi connectivity index (χ3n) is 3.46. The summed E-state index contributed by atoms with van der Waals surface area (Å²) < 4.78 is 0. The van der Waals surface area contributed by atoms with Crippen molar-refractivity contribution in [2.24, 2.45) is 5.73 Å². The monoisotopic (exact) mass is 284 g/mol. The molecule has 4 nitrogen and oxygen atoms in total. The van der Waals surface area contributed by atoms with Crippen molar-refractivity contribution in [1.82, 2.24) is 4.90 Å². The first-order valence-corrected chi connectivity index (χ1v) is 6.38. The fourth-order valence-electron chi connectivity index (χ4n) is 2.25. The van der Waals surface area contributed by atoms with Crippen molar-refractivity contribution in [3.05, 3.63) is 35.4 Å². The fraction of sp³-hybridized carbons (Fsp3) is 0.500. The zero-order chi connectivity index (χ0) is 13.1. The molecule has 0 unspecified atom stereocenters. The van der Waals surface area contributed by atoms with E-state index >= 15 is 0 Å². The van der Waals surface area contributed by atoms with Gasteiger partial charge < -0.3 is 15.7 Å². The first-order valence-electron chi connectivity index (χ1n) is 6.38. The maximum atomic E-state index is 12.1. The van der Waals surface area contributed by atoms with E-state index in [-0.39, 0.29) is 18.3 Å². The fourth-order valence-corrected chi connectivity index (χ4v) is 2.25. The number of hydrogen-bond donors (Lipinski definition) is 2. The molecular weight excluding hydrogens is 264 g/mol. The van der Waals surface area contributed by atoms with Gasteiger partial charge in [0.15, 0.2) is 0 Å². The SMILES string of the molecule is Cc1ccc([C@H](O)[C@@H](N)C(=O)N2CCCC2)cc1.Cl. The van der Waals surface area contributed by atoms with Gasteiger partial charge in [0.05, 0.1) is 0 Å². The maximum absolute atomic E-state index is 12.1. The van der Waals surface area contributed by atoms with E-state index in [1.165, 1.54) is 0 Å². The third-order valence-corrected chi connectivity index (χ3v) is 3.46. The lowest BCUT2D eigenvalue weighted by atomic mass is 10.0. The second-order valence-electron chi connectivity index (χ2n) is 4.91. The summed E-state index contributed by atoms with van der Waals surface area (Å²) in [4.78, 5) is 13.8. The number of carbonyl (C=O) groups excluding carboxylic acids is 1. The number of nitrogens with zero attached hydrogens (tertiary/aromatic N) is 1. The molecule has 106 valence electrons. The number of carbonyl (C=O) groups is 1. The van der Waals surface area contributed by atoms with Crippen molar-refractivity contribution < 1.29 is 9.90 Å². The lowest BCUT2D eigenvalue weighted by Crippen LogP contribution is -2.45. The summed E-state index contributed by atoms with van der Waals surface area (Å²) in [6, 6.07) is 6.58. The zero-order valence-electron chi connectivity index (χ0n) is 11.1. The summed E-state index contributed by atoms with van der Waals surface area (Å²) in [6.07, 6.45) is 1.12. The van der Waals surface area contributed by atoms with Gasteiger partial charge in [-0.2, -0.15) is 0 Å². The van der Waals surface area contributed by atoms with E-state index in [1.54, 1.807) is 4.90 Å². The Kier molecular flexibility index (Phi) is 5.79. The van der Waals surface area contributed by atoms with Crippen LogP contribution >= 0.6 is 12.4 Å². The summed E-state index contributed by atoms with van der Waals surface area (Å²) in [5.41, 5.74) is 7.68. The molecule has 1 fully saturated rings. The Bertz CT molecular complexity index is 416. The van der Waals surface area contributed by atoms with Crippen molar-refractivity contribution in [1.29, 1.82) is 0 Å². The van der Waals surface area contributed by atoms with Gasteiger partial charge in [0.2, 0.25) is 5.91 Å². The van der Waals surface area contributed by atoms with Crippen LogP contribution in [0.5, 0.6) is 0 Å². The second-order valence-corrected chi connectivity index (χ2v) is 4.91. The Morgan fingerprint density at radius 1 is 1.26 bits per heavy atom. The molecule has 5 heteroatoms. The molecule has 2 atom stereocenters. The quantitative estimate of drug-likeness (QED) is 0.882. The summed E-state index contributed by atoms with van der Waals surface area (Å²) in [6.45, 7) is 3.49. The molecule has 1 aliphatic heterocycles. The first-order chi connectivity index (χ1) is 8.59. The molecule has 1 aliphatic rings. The van der Waals surface area contributed by atoms with Crippen LogP contribution in [0, 0.1) is 6.92 Å². The molecule has 3 N–H and O–H groups in total. The predicted molar refractivity (Wildman–Crippen MR) is 77.2 cm³/mol. The standard InChI is InChI=1S/C14H20N2O2.ClH/c1-10-4-6-11(7-5-10)13(17)12(15)14(18)16-8-2-3-9-16;/h4-7,12-13,17H,2-3,8-9,15H2,1H3;1H/t12-,13+;/m1./s1. The molecule has 1 saturated heterocycles. The molecular formula is C14H21ClN2O2. The Labute approximate surface area is 120 Å². The smallest absolute Gasteiger partial charge is 0.242 e. The van der Waals surface area contributed by atoms with Gasteiger partial charge in [-0.05, 0) is 25.3 Å². The van der Waals surface area contributed by atoms with Gasteiger partial charge in [0, 0.05) is 13.1 Å². The number of aryl methyl sites for hydroxylation is 1. The van der Waals surface area contributed by atoms with E-state index in [4.69, 9.17) is 5.73 Å². The van der Waals surface area contributed by atoms with Crippen LogP contribution in [0.15, 0.2) is 24.3 Å². The van der Waals surface area contributed by atoms with Crippen molar-refractivity contribution >= 4 is 18.3 Å². The van der Waals surface area contributed by atoms with Crippen molar-refractivity contribution in [2.45, 2.75) is 31.9 Å². The Hall–Kier alpha value is -1.10. The molecule has 1 aromatic carbocycles. The highest BCUT2D eigenvalue weighted by molar-refractivity contribution is 5.85. The second kappa shape index (κ2) is 6.89. The largest absolute Gasteiger partial charge is 0.386 e. The summed E-state index contributed by atoms with van der Waals surface area (Å²) >= 11 is 0. The molecule has 1 amide bonds. The van der Waals surface area contributed by atoms with E-state index in [0.717, 1.165) is 31.5 Å². The minimum absolute atomic E-state index is 0. The Balaban J connectivity index is 0.00000180. The minimum atomic E-state index is -0.932.